The van der Waals surface area contributed by atoms with Crippen molar-refractivity contribution in [3.05, 3.63) is 86.2 Å². The third kappa shape index (κ3) is 5.11. The van der Waals surface area contributed by atoms with Gasteiger partial charge in [0.2, 0.25) is 5.91 Å². The Kier molecular flexibility index (Phi) is 7.00. The van der Waals surface area contributed by atoms with Crippen molar-refractivity contribution in [1.29, 1.82) is 0 Å². The molecule has 3 aromatic rings. The molecular formula is C23H15Cl5FN3O2. The van der Waals surface area contributed by atoms with Gasteiger partial charge in [-0.25, -0.2) is 9.37 Å². The Bertz CT molecular complexity index is 1300. The maximum Gasteiger partial charge on any atom is 0.258 e. The van der Waals surface area contributed by atoms with Gasteiger partial charge in [0.25, 0.3) is 5.91 Å². The van der Waals surface area contributed by atoms with Crippen LogP contribution in [0.2, 0.25) is 15.1 Å². The predicted octanol–water partition coefficient (Wildman–Crippen LogP) is 7.27. The molecule has 5 nitrogen and oxygen atoms in total. The number of carbonyl (C=O) groups is 2. The van der Waals surface area contributed by atoms with E-state index in [2.05, 4.69) is 15.6 Å². The first kappa shape index (κ1) is 25.0. The lowest BCUT2D eigenvalue weighted by Crippen LogP contribution is -2.18. The average Bonchev–Trinajstić information content (AvgIpc) is 3.33. The zero-order chi connectivity index (χ0) is 24.8. The van der Waals surface area contributed by atoms with Crippen LogP contribution in [-0.4, -0.2) is 21.1 Å². The molecule has 2 unspecified atom stereocenters. The predicted molar refractivity (Wildman–Crippen MR) is 134 cm³/mol. The molecule has 0 bridgehead atoms. The summed E-state index contributed by atoms with van der Waals surface area (Å²) in [5, 5.41) is 6.25. The zero-order valence-corrected chi connectivity index (χ0v) is 21.1. The molecular weight excluding hydrogens is 547 g/mol. The van der Waals surface area contributed by atoms with Crippen LogP contribution in [-0.2, 0) is 4.79 Å². The monoisotopic (exact) mass is 559 g/mol. The van der Waals surface area contributed by atoms with E-state index in [0.29, 0.717) is 26.9 Å². The van der Waals surface area contributed by atoms with Crippen molar-refractivity contribution < 1.29 is 14.0 Å². The minimum Gasteiger partial charge on any atom is -0.326 e. The summed E-state index contributed by atoms with van der Waals surface area (Å²) in [5.74, 6) is -2.65. The van der Waals surface area contributed by atoms with Crippen molar-refractivity contribution in [2.45, 2.75) is 17.2 Å². The second-order valence-corrected chi connectivity index (χ2v) is 10.5. The largest absolute Gasteiger partial charge is 0.326 e. The number of rotatable bonds is 5. The minimum absolute atomic E-state index is 0.0852. The number of anilines is 2. The number of nitrogens with one attached hydrogen (secondary N) is 2. The third-order valence-corrected chi connectivity index (χ3v) is 7.04. The lowest BCUT2D eigenvalue weighted by Gasteiger charge is -2.11. The first-order valence-electron chi connectivity index (χ1n) is 9.85. The van der Waals surface area contributed by atoms with E-state index in [1.807, 2.05) is 0 Å². The summed E-state index contributed by atoms with van der Waals surface area (Å²) < 4.78 is 11.9. The quantitative estimate of drug-likeness (QED) is 0.322. The lowest BCUT2D eigenvalue weighted by molar-refractivity contribution is -0.117. The maximum atomic E-state index is 13.3. The Labute approximate surface area is 219 Å². The van der Waals surface area contributed by atoms with Crippen molar-refractivity contribution in [2.24, 2.45) is 5.92 Å². The summed E-state index contributed by atoms with van der Waals surface area (Å²) in [6, 6.07) is 10.5. The van der Waals surface area contributed by atoms with Crippen LogP contribution in [0, 0.1) is 18.7 Å². The highest BCUT2D eigenvalue weighted by Gasteiger charge is 2.67. The molecule has 2 aromatic carbocycles. The minimum atomic E-state index is -1.35. The van der Waals surface area contributed by atoms with Gasteiger partial charge in [-0.15, -0.1) is 23.2 Å². The Morgan fingerprint density at radius 2 is 1.68 bits per heavy atom. The fraction of sp³-hybridized carbons (Fsp3) is 0.174. The summed E-state index contributed by atoms with van der Waals surface area (Å²) in [6.45, 7) is 1.60. The summed E-state index contributed by atoms with van der Waals surface area (Å²) in [7, 11) is 0. The van der Waals surface area contributed by atoms with Crippen LogP contribution in [0.4, 0.5) is 15.9 Å². The van der Waals surface area contributed by atoms with E-state index in [9.17, 15) is 14.0 Å². The second-order valence-electron chi connectivity index (χ2n) is 7.79. The van der Waals surface area contributed by atoms with E-state index in [4.69, 9.17) is 58.0 Å². The van der Waals surface area contributed by atoms with Crippen molar-refractivity contribution in [1.82, 2.24) is 4.98 Å². The molecule has 2 N–H and O–H groups in total. The topological polar surface area (TPSA) is 71.1 Å². The fourth-order valence-electron chi connectivity index (χ4n) is 3.67. The van der Waals surface area contributed by atoms with Gasteiger partial charge < -0.3 is 10.6 Å². The summed E-state index contributed by atoms with van der Waals surface area (Å²) in [5.41, 5.74) is 1.47. The van der Waals surface area contributed by atoms with Gasteiger partial charge in [-0.3, -0.25) is 9.59 Å². The number of benzene rings is 2. The molecule has 0 saturated heterocycles. The molecule has 1 heterocycles. The number of hydrogen-bond donors (Lipinski definition) is 2. The molecule has 1 aliphatic carbocycles. The molecule has 34 heavy (non-hydrogen) atoms. The normalized spacial score (nSPS) is 18.3. The van der Waals surface area contributed by atoms with Crippen LogP contribution in [0.15, 0.2) is 48.7 Å². The molecule has 0 radical (unpaired) electrons. The molecule has 0 spiro atoms. The van der Waals surface area contributed by atoms with Crippen LogP contribution in [0.5, 0.6) is 0 Å². The van der Waals surface area contributed by atoms with E-state index in [0.717, 1.165) is 6.20 Å². The lowest BCUT2D eigenvalue weighted by atomic mass is 10.1. The molecule has 2 amide bonds. The Hall–Kier alpha value is -2.09. The highest BCUT2D eigenvalue weighted by Crippen LogP contribution is 2.65. The number of aromatic nitrogens is 1. The van der Waals surface area contributed by atoms with Crippen LogP contribution in [0.3, 0.4) is 0 Å². The van der Waals surface area contributed by atoms with Crippen molar-refractivity contribution >= 4 is 81.3 Å². The summed E-state index contributed by atoms with van der Waals surface area (Å²) in [4.78, 5) is 29.6. The van der Waals surface area contributed by atoms with Gasteiger partial charge in [0.1, 0.15) is 16.0 Å². The van der Waals surface area contributed by atoms with Gasteiger partial charge in [-0.1, -0.05) is 34.8 Å². The highest BCUT2D eigenvalue weighted by molar-refractivity contribution is 6.53. The number of carbonyl (C=O) groups excluding carboxylic acids is 2. The standard InChI is InChI=1S/C23H15Cl5FN3O2/c1-10-4-14(29)9-30-20(10)32-21(33)16-8-15(2-3-17(16)26)31-22(34)19-18(23(19,27)28)11-5-12(24)7-13(25)6-11/h2-9,18-19H,1H3,(H,31,34)(H,30,32,33). The smallest absolute Gasteiger partial charge is 0.258 e. The Morgan fingerprint density at radius 3 is 2.32 bits per heavy atom. The molecule has 1 aliphatic rings. The first-order chi connectivity index (χ1) is 16.0. The molecule has 1 saturated carbocycles. The molecule has 1 aromatic heterocycles. The van der Waals surface area contributed by atoms with Crippen LogP contribution in [0.1, 0.15) is 27.4 Å². The maximum absolute atomic E-state index is 13.3. The van der Waals surface area contributed by atoms with E-state index < -0.39 is 33.8 Å². The van der Waals surface area contributed by atoms with Crippen LogP contribution in [0.25, 0.3) is 0 Å². The SMILES string of the molecule is Cc1cc(F)cnc1NC(=O)c1cc(NC(=O)C2C(c3cc(Cl)cc(Cl)c3)C2(Cl)Cl)ccc1Cl. The van der Waals surface area contributed by atoms with Gasteiger partial charge in [0.05, 0.1) is 22.7 Å². The molecule has 176 valence electrons. The molecule has 11 heteroatoms. The van der Waals surface area contributed by atoms with Gasteiger partial charge in [0, 0.05) is 21.7 Å². The third-order valence-electron chi connectivity index (χ3n) is 5.34. The summed E-state index contributed by atoms with van der Waals surface area (Å²) >= 11 is 31.1. The Morgan fingerprint density at radius 1 is 1.00 bits per heavy atom. The van der Waals surface area contributed by atoms with Crippen molar-refractivity contribution in [3.8, 4) is 0 Å². The molecule has 1 fully saturated rings. The van der Waals surface area contributed by atoms with Crippen LogP contribution >= 0.6 is 58.0 Å². The number of hydrogen-bond acceptors (Lipinski definition) is 3. The molecule has 0 aliphatic heterocycles. The Balaban J connectivity index is 1.52. The average molecular weight is 562 g/mol. The highest BCUT2D eigenvalue weighted by atomic mass is 35.5. The van der Waals surface area contributed by atoms with E-state index >= 15 is 0 Å². The van der Waals surface area contributed by atoms with Crippen LogP contribution < -0.4 is 10.6 Å². The van der Waals surface area contributed by atoms with Gasteiger partial charge in [-0.05, 0) is 60.5 Å². The van der Waals surface area contributed by atoms with E-state index in [1.165, 1.54) is 24.3 Å². The second kappa shape index (κ2) is 9.51. The molecule has 2 atom stereocenters. The van der Waals surface area contributed by atoms with E-state index in [1.54, 1.807) is 25.1 Å². The first-order valence-corrected chi connectivity index (χ1v) is 11.7. The summed E-state index contributed by atoms with van der Waals surface area (Å²) in [6.07, 6.45) is 0.991. The van der Waals surface area contributed by atoms with Gasteiger partial charge in [-0.2, -0.15) is 0 Å². The fourth-order valence-corrected chi connectivity index (χ4v) is 5.24. The zero-order valence-electron chi connectivity index (χ0n) is 17.3. The molecule has 4 rings (SSSR count). The van der Waals surface area contributed by atoms with Crippen molar-refractivity contribution in [3.63, 3.8) is 0 Å². The van der Waals surface area contributed by atoms with Gasteiger partial charge >= 0.3 is 0 Å². The number of amides is 2. The number of alkyl halides is 2. The number of aryl methyl sites for hydroxylation is 1. The number of halogens is 6. The number of nitrogens with zero attached hydrogens (tertiary/aromatic N) is 1. The van der Waals surface area contributed by atoms with E-state index in [-0.39, 0.29) is 16.4 Å². The number of pyridine rings is 1. The van der Waals surface area contributed by atoms with Gasteiger partial charge in [0.15, 0.2) is 0 Å². The van der Waals surface area contributed by atoms with Crippen molar-refractivity contribution in [2.75, 3.05) is 10.6 Å².